The van der Waals surface area contributed by atoms with Gasteiger partial charge in [0, 0.05) is 23.5 Å². The number of aromatic nitrogens is 4. The van der Waals surface area contributed by atoms with Crippen LogP contribution in [0.2, 0.25) is 0 Å². The Hall–Kier alpha value is -1.66. The lowest BCUT2D eigenvalue weighted by Crippen LogP contribution is -2.11. The Morgan fingerprint density at radius 3 is 2.95 bits per heavy atom. The predicted molar refractivity (Wildman–Crippen MR) is 81.5 cm³/mol. The highest BCUT2D eigenvalue weighted by Crippen LogP contribution is 2.16. The molecule has 20 heavy (non-hydrogen) atoms. The molecule has 0 aromatic carbocycles. The second-order valence-corrected chi connectivity index (χ2v) is 5.86. The lowest BCUT2D eigenvalue weighted by molar-refractivity contribution is 0.648. The molecule has 0 aliphatic carbocycles. The summed E-state index contributed by atoms with van der Waals surface area (Å²) in [7, 11) is 1.98. The second kappa shape index (κ2) is 5.38. The van der Waals surface area contributed by atoms with Crippen LogP contribution in [0.3, 0.4) is 0 Å². The molecule has 3 heterocycles. The molecular formula is C14H19N5S. The van der Waals surface area contributed by atoms with Gasteiger partial charge in [0.1, 0.15) is 0 Å². The number of imidazole rings is 1. The van der Waals surface area contributed by atoms with E-state index in [1.54, 1.807) is 11.3 Å². The van der Waals surface area contributed by atoms with Crippen molar-refractivity contribution >= 4 is 16.3 Å². The molecule has 0 aliphatic heterocycles. The van der Waals surface area contributed by atoms with Crippen LogP contribution in [0.25, 0.3) is 4.96 Å². The first-order valence-electron chi connectivity index (χ1n) is 6.77. The predicted octanol–water partition coefficient (Wildman–Crippen LogP) is 2.02. The molecule has 0 bridgehead atoms. The van der Waals surface area contributed by atoms with Crippen molar-refractivity contribution < 1.29 is 0 Å². The number of rotatable bonds is 5. The third kappa shape index (κ3) is 2.36. The number of fused-ring (bicyclic) bond motifs is 1. The quantitative estimate of drug-likeness (QED) is 0.781. The normalized spacial score (nSPS) is 11.6. The first-order valence-corrected chi connectivity index (χ1v) is 7.65. The number of likely N-dealkylation sites (N-methyl/N-ethyl adjacent to an activating group) is 1. The summed E-state index contributed by atoms with van der Waals surface area (Å²) in [5.74, 6) is 0. The molecule has 0 aliphatic rings. The Labute approximate surface area is 122 Å². The van der Waals surface area contributed by atoms with Gasteiger partial charge in [-0.15, -0.1) is 11.3 Å². The van der Waals surface area contributed by atoms with Gasteiger partial charge < -0.3 is 5.32 Å². The first-order chi connectivity index (χ1) is 9.69. The van der Waals surface area contributed by atoms with E-state index in [4.69, 9.17) is 0 Å². The van der Waals surface area contributed by atoms with E-state index in [1.165, 1.54) is 11.3 Å². The molecular weight excluding hydrogens is 270 g/mol. The number of nitrogens with one attached hydrogen (secondary N) is 1. The fraction of sp³-hybridized carbons (Fsp3) is 0.429. The van der Waals surface area contributed by atoms with E-state index < -0.39 is 0 Å². The van der Waals surface area contributed by atoms with Gasteiger partial charge in [0.05, 0.1) is 17.9 Å². The van der Waals surface area contributed by atoms with Gasteiger partial charge in [0.15, 0.2) is 4.96 Å². The molecule has 0 saturated heterocycles. The number of thiazole rings is 1. The standard InChI is InChI=1S/C14H19N5S/c1-10-13(4-5-15-3)11(2)19(17-10)9-12-8-18-6-7-20-14(18)16-12/h6-8,15H,4-5,9H2,1-3H3. The van der Waals surface area contributed by atoms with Gasteiger partial charge in [-0.25, -0.2) is 4.98 Å². The van der Waals surface area contributed by atoms with Gasteiger partial charge in [0.25, 0.3) is 0 Å². The number of aryl methyl sites for hydroxylation is 1. The highest BCUT2D eigenvalue weighted by molar-refractivity contribution is 7.15. The molecule has 6 heteroatoms. The van der Waals surface area contributed by atoms with Crippen molar-refractivity contribution in [2.45, 2.75) is 26.8 Å². The highest BCUT2D eigenvalue weighted by Gasteiger charge is 2.12. The van der Waals surface area contributed by atoms with Crippen molar-refractivity contribution in [3.8, 4) is 0 Å². The van der Waals surface area contributed by atoms with E-state index in [0.29, 0.717) is 0 Å². The van der Waals surface area contributed by atoms with E-state index in [1.807, 2.05) is 18.6 Å². The van der Waals surface area contributed by atoms with Crippen LogP contribution in [0.5, 0.6) is 0 Å². The highest BCUT2D eigenvalue weighted by atomic mass is 32.1. The minimum atomic E-state index is 0.737. The summed E-state index contributed by atoms with van der Waals surface area (Å²) in [6.45, 7) is 5.94. The van der Waals surface area contributed by atoms with Crippen LogP contribution >= 0.6 is 11.3 Å². The third-order valence-corrected chi connectivity index (χ3v) is 4.38. The fourth-order valence-corrected chi connectivity index (χ4v) is 3.22. The maximum Gasteiger partial charge on any atom is 0.193 e. The zero-order chi connectivity index (χ0) is 14.1. The summed E-state index contributed by atoms with van der Waals surface area (Å²) in [6.07, 6.45) is 5.14. The van der Waals surface area contributed by atoms with Gasteiger partial charge in [-0.05, 0) is 39.4 Å². The largest absolute Gasteiger partial charge is 0.319 e. The SMILES string of the molecule is CNCCc1c(C)nn(Cc2cn3ccsc3n2)c1C. The third-order valence-electron chi connectivity index (χ3n) is 3.61. The Bertz CT molecular complexity index is 693. The van der Waals surface area contributed by atoms with Gasteiger partial charge in [-0.1, -0.05) is 0 Å². The van der Waals surface area contributed by atoms with Crippen molar-refractivity contribution in [2.75, 3.05) is 13.6 Å². The monoisotopic (exact) mass is 289 g/mol. The van der Waals surface area contributed by atoms with Crippen LogP contribution in [0.4, 0.5) is 0 Å². The maximum atomic E-state index is 4.66. The van der Waals surface area contributed by atoms with Crippen molar-refractivity contribution in [1.29, 1.82) is 0 Å². The first kappa shape index (κ1) is 13.3. The topological polar surface area (TPSA) is 47.2 Å². The molecule has 3 rings (SSSR count). The Kier molecular flexibility index (Phi) is 3.58. The molecule has 106 valence electrons. The van der Waals surface area contributed by atoms with Crippen LogP contribution in [-0.2, 0) is 13.0 Å². The van der Waals surface area contributed by atoms with E-state index in [0.717, 1.165) is 35.9 Å². The molecule has 0 spiro atoms. The lowest BCUT2D eigenvalue weighted by atomic mass is 10.1. The van der Waals surface area contributed by atoms with Gasteiger partial charge in [0.2, 0.25) is 0 Å². The van der Waals surface area contributed by atoms with E-state index >= 15 is 0 Å². The number of nitrogens with zero attached hydrogens (tertiary/aromatic N) is 4. The summed E-state index contributed by atoms with van der Waals surface area (Å²) in [5.41, 5.74) is 4.77. The molecule has 1 N–H and O–H groups in total. The summed E-state index contributed by atoms with van der Waals surface area (Å²) >= 11 is 1.66. The average molecular weight is 289 g/mol. The molecule has 0 saturated carbocycles. The molecule has 0 radical (unpaired) electrons. The Morgan fingerprint density at radius 2 is 2.20 bits per heavy atom. The zero-order valence-corrected chi connectivity index (χ0v) is 12.9. The van der Waals surface area contributed by atoms with Gasteiger partial charge >= 0.3 is 0 Å². The molecule has 0 fully saturated rings. The van der Waals surface area contributed by atoms with Crippen molar-refractivity contribution in [3.63, 3.8) is 0 Å². The second-order valence-electron chi connectivity index (χ2n) is 4.99. The van der Waals surface area contributed by atoms with E-state index in [9.17, 15) is 0 Å². The van der Waals surface area contributed by atoms with Crippen molar-refractivity contribution in [2.24, 2.45) is 0 Å². The summed E-state index contributed by atoms with van der Waals surface area (Å²) in [5, 5.41) is 9.90. The van der Waals surface area contributed by atoms with Crippen LogP contribution < -0.4 is 5.32 Å². The van der Waals surface area contributed by atoms with Crippen LogP contribution in [0.15, 0.2) is 17.8 Å². The van der Waals surface area contributed by atoms with Crippen molar-refractivity contribution in [3.05, 3.63) is 40.4 Å². The smallest absolute Gasteiger partial charge is 0.193 e. The number of hydrogen-bond donors (Lipinski definition) is 1. The summed E-state index contributed by atoms with van der Waals surface area (Å²) < 4.78 is 4.13. The molecule has 0 amide bonds. The van der Waals surface area contributed by atoms with Crippen LogP contribution in [-0.4, -0.2) is 32.8 Å². The summed E-state index contributed by atoms with van der Waals surface area (Å²) in [4.78, 5) is 5.66. The molecule has 5 nitrogen and oxygen atoms in total. The maximum absolute atomic E-state index is 4.66. The molecule has 3 aromatic heterocycles. The summed E-state index contributed by atoms with van der Waals surface area (Å²) in [6, 6.07) is 0. The lowest BCUT2D eigenvalue weighted by Gasteiger charge is -2.03. The average Bonchev–Trinajstić information content (AvgIpc) is 3.04. The van der Waals surface area contributed by atoms with E-state index in [-0.39, 0.29) is 0 Å². The fourth-order valence-electron chi connectivity index (χ4n) is 2.51. The van der Waals surface area contributed by atoms with Gasteiger partial charge in [-0.3, -0.25) is 9.08 Å². The Morgan fingerprint density at radius 1 is 1.35 bits per heavy atom. The zero-order valence-electron chi connectivity index (χ0n) is 12.1. The van der Waals surface area contributed by atoms with Crippen molar-refractivity contribution in [1.82, 2.24) is 24.5 Å². The van der Waals surface area contributed by atoms with Crippen LogP contribution in [0.1, 0.15) is 22.6 Å². The van der Waals surface area contributed by atoms with E-state index in [2.05, 4.69) is 44.5 Å². The Balaban J connectivity index is 1.85. The minimum Gasteiger partial charge on any atom is -0.319 e. The molecule has 0 unspecified atom stereocenters. The minimum absolute atomic E-state index is 0.737. The molecule has 3 aromatic rings. The number of hydrogen-bond acceptors (Lipinski definition) is 4. The van der Waals surface area contributed by atoms with Gasteiger partial charge in [-0.2, -0.15) is 5.10 Å². The van der Waals surface area contributed by atoms with Crippen LogP contribution in [0, 0.1) is 13.8 Å². The molecule has 0 atom stereocenters.